The largest absolute Gasteiger partial charge is 0.308 e. The Kier molecular flexibility index (Phi) is 9.74. The first kappa shape index (κ1) is 23.0. The van der Waals surface area contributed by atoms with Crippen LogP contribution in [-0.4, -0.2) is 40.5 Å². The van der Waals surface area contributed by atoms with E-state index < -0.39 is 0 Å². The van der Waals surface area contributed by atoms with Crippen LogP contribution in [0.5, 0.6) is 0 Å². The topological polar surface area (TPSA) is 50.5 Å². The van der Waals surface area contributed by atoms with E-state index in [-0.39, 0.29) is 5.91 Å². The Hall–Kier alpha value is -2.31. The summed E-state index contributed by atoms with van der Waals surface area (Å²) in [7, 11) is 0. The molecule has 0 bridgehead atoms. The monoisotopic (exact) mass is 430 g/mol. The lowest BCUT2D eigenvalue weighted by molar-refractivity contribution is -0.118. The number of hydrogen-bond acceptors (Lipinski definition) is 4. The number of nitrogens with zero attached hydrogens (tertiary/aromatic N) is 4. The van der Waals surface area contributed by atoms with Crippen molar-refractivity contribution >= 4 is 47.4 Å². The lowest BCUT2D eigenvalue weighted by Crippen LogP contribution is -2.30. The van der Waals surface area contributed by atoms with Crippen molar-refractivity contribution in [1.82, 2.24) is 9.78 Å². The van der Waals surface area contributed by atoms with Crippen molar-refractivity contribution < 1.29 is 4.79 Å². The highest BCUT2D eigenvalue weighted by molar-refractivity contribution is 7.99. The summed E-state index contributed by atoms with van der Waals surface area (Å²) in [6.45, 7) is 7.79. The van der Waals surface area contributed by atoms with Crippen LogP contribution in [0.4, 0.5) is 5.69 Å². The summed E-state index contributed by atoms with van der Waals surface area (Å²) in [5, 5.41) is 4.63. The van der Waals surface area contributed by atoms with E-state index >= 15 is 0 Å². The smallest absolute Gasteiger partial charge is 0.227 e. The molecule has 1 amide bonds. The van der Waals surface area contributed by atoms with Gasteiger partial charge in [-0.05, 0) is 50.5 Å². The number of aliphatic imine (C=N–C) groups is 1. The van der Waals surface area contributed by atoms with E-state index in [2.05, 4.69) is 41.1 Å². The third-order valence-electron chi connectivity index (χ3n) is 4.29. The fraction of sp³-hybridized carbons (Fsp3) is 0.318. The number of aryl methyl sites for hydroxylation is 1. The van der Waals surface area contributed by atoms with Crippen LogP contribution in [-0.2, 0) is 11.2 Å². The fourth-order valence-electron chi connectivity index (χ4n) is 2.74. The lowest BCUT2D eigenvalue weighted by Gasteiger charge is -2.19. The molecule has 0 radical (unpaired) electrons. The van der Waals surface area contributed by atoms with E-state index in [1.165, 1.54) is 5.56 Å². The molecule has 154 valence electrons. The summed E-state index contributed by atoms with van der Waals surface area (Å²) >= 11 is 8.11. The molecule has 5 nitrogen and oxygen atoms in total. The van der Waals surface area contributed by atoms with Crippen molar-refractivity contribution in [3.63, 3.8) is 0 Å². The molecule has 2 rings (SSSR count). The Bertz CT molecular complexity index is 861. The maximum atomic E-state index is 12.7. The van der Waals surface area contributed by atoms with Crippen LogP contribution in [0.2, 0.25) is 5.15 Å². The number of amides is 1. The van der Waals surface area contributed by atoms with Crippen molar-refractivity contribution in [3.8, 4) is 0 Å². The summed E-state index contributed by atoms with van der Waals surface area (Å²) in [6.07, 6.45) is 8.48. The molecule has 0 fully saturated rings. The van der Waals surface area contributed by atoms with E-state index in [4.69, 9.17) is 11.6 Å². The minimum atomic E-state index is 0.0542. The average molecular weight is 431 g/mol. The average Bonchev–Trinajstić information content (AvgIpc) is 3.11. The molecule has 0 aliphatic rings. The molecular formula is C22H27ClN4OS. The quantitative estimate of drug-likeness (QED) is 0.275. The predicted octanol–water partition coefficient (Wildman–Crippen LogP) is 5.33. The lowest BCUT2D eigenvalue weighted by atomic mass is 10.2. The molecule has 2 aromatic rings. The highest BCUT2D eigenvalue weighted by Crippen LogP contribution is 2.26. The molecule has 0 saturated heterocycles. The number of anilines is 1. The van der Waals surface area contributed by atoms with Gasteiger partial charge in [0.15, 0.2) is 5.15 Å². The van der Waals surface area contributed by atoms with E-state index in [0.29, 0.717) is 23.8 Å². The van der Waals surface area contributed by atoms with Gasteiger partial charge in [0.2, 0.25) is 5.91 Å². The molecule has 1 aromatic heterocycles. The standard InChI is InChI=1S/C22H27ClN4OS/c1-4-26(20-17-27(25-22(20)23)18(2)9-8-14-24-3)21(28)13-16-29-15-12-19-10-6-5-7-11-19/h5-11,14,17H,3-4,12-13,15-16H2,1-2H3/b14-8-,18-9+. The number of carbonyl (C=O) groups excluding carboxylic acids is 1. The Labute approximate surface area is 182 Å². The van der Waals surface area contributed by atoms with Crippen LogP contribution in [0.15, 0.2) is 59.9 Å². The molecule has 0 spiro atoms. The molecular weight excluding hydrogens is 404 g/mol. The first-order valence-corrected chi connectivity index (χ1v) is 11.1. The third kappa shape index (κ3) is 7.22. The van der Waals surface area contributed by atoms with Gasteiger partial charge in [-0.15, -0.1) is 0 Å². The van der Waals surface area contributed by atoms with Crippen LogP contribution in [0.3, 0.4) is 0 Å². The summed E-state index contributed by atoms with van der Waals surface area (Å²) in [5.41, 5.74) is 2.81. The van der Waals surface area contributed by atoms with Gasteiger partial charge < -0.3 is 4.90 Å². The second-order valence-electron chi connectivity index (χ2n) is 6.32. The number of halogens is 1. The Morgan fingerprint density at radius 1 is 1.34 bits per heavy atom. The summed E-state index contributed by atoms with van der Waals surface area (Å²) in [5.74, 6) is 1.84. The Morgan fingerprint density at radius 2 is 2.10 bits per heavy atom. The van der Waals surface area contributed by atoms with E-state index in [1.54, 1.807) is 39.8 Å². The van der Waals surface area contributed by atoms with Gasteiger partial charge in [0.1, 0.15) is 5.69 Å². The number of hydrogen-bond donors (Lipinski definition) is 0. The second-order valence-corrected chi connectivity index (χ2v) is 7.90. The van der Waals surface area contributed by atoms with Gasteiger partial charge in [-0.1, -0.05) is 41.9 Å². The first-order chi connectivity index (χ1) is 14.1. The van der Waals surface area contributed by atoms with Crippen molar-refractivity contribution in [2.75, 3.05) is 23.0 Å². The van der Waals surface area contributed by atoms with Crippen molar-refractivity contribution in [2.45, 2.75) is 26.7 Å². The van der Waals surface area contributed by atoms with Gasteiger partial charge >= 0.3 is 0 Å². The molecule has 0 unspecified atom stereocenters. The van der Waals surface area contributed by atoms with E-state index in [0.717, 1.165) is 23.6 Å². The molecule has 0 aliphatic carbocycles. The van der Waals surface area contributed by atoms with E-state index in [1.807, 2.05) is 26.0 Å². The minimum absolute atomic E-state index is 0.0542. The van der Waals surface area contributed by atoms with Crippen LogP contribution < -0.4 is 4.90 Å². The van der Waals surface area contributed by atoms with Gasteiger partial charge in [-0.2, -0.15) is 16.9 Å². The SMILES string of the molecule is C=N/C=C\C=C(/C)n1cc(N(CC)C(=O)CCSCCc2ccccc2)c(Cl)n1. The number of aromatic nitrogens is 2. The molecule has 7 heteroatoms. The van der Waals surface area contributed by atoms with Gasteiger partial charge in [0.05, 0.1) is 6.20 Å². The molecule has 0 saturated carbocycles. The normalized spacial score (nSPS) is 11.8. The predicted molar refractivity (Wildman–Crippen MR) is 126 cm³/mol. The van der Waals surface area contributed by atoms with Crippen LogP contribution >= 0.6 is 23.4 Å². The van der Waals surface area contributed by atoms with Crippen molar-refractivity contribution in [3.05, 3.63) is 65.6 Å². The number of thioether (sulfide) groups is 1. The Morgan fingerprint density at radius 3 is 2.79 bits per heavy atom. The zero-order valence-electron chi connectivity index (χ0n) is 16.9. The zero-order valence-corrected chi connectivity index (χ0v) is 18.5. The number of benzene rings is 1. The summed E-state index contributed by atoms with van der Waals surface area (Å²) in [4.78, 5) is 18.1. The van der Waals surface area contributed by atoms with Gasteiger partial charge in [0.25, 0.3) is 0 Å². The summed E-state index contributed by atoms with van der Waals surface area (Å²) < 4.78 is 1.66. The fourth-order valence-corrected chi connectivity index (χ4v) is 3.87. The molecule has 29 heavy (non-hydrogen) atoms. The van der Waals surface area contributed by atoms with Gasteiger partial charge in [-0.3, -0.25) is 9.79 Å². The number of carbonyl (C=O) groups is 1. The van der Waals surface area contributed by atoms with Crippen molar-refractivity contribution in [1.29, 1.82) is 0 Å². The molecule has 0 aliphatic heterocycles. The maximum absolute atomic E-state index is 12.7. The van der Waals surface area contributed by atoms with E-state index in [9.17, 15) is 4.79 Å². The number of allylic oxidation sites excluding steroid dienone is 3. The minimum Gasteiger partial charge on any atom is -0.308 e. The van der Waals surface area contributed by atoms with Gasteiger partial charge in [-0.25, -0.2) is 4.68 Å². The van der Waals surface area contributed by atoms with Crippen LogP contribution in [0.25, 0.3) is 5.70 Å². The zero-order chi connectivity index (χ0) is 21.1. The third-order valence-corrected chi connectivity index (χ3v) is 5.54. The molecule has 0 N–H and O–H groups in total. The second kappa shape index (κ2) is 12.3. The number of rotatable bonds is 11. The summed E-state index contributed by atoms with van der Waals surface area (Å²) in [6, 6.07) is 10.4. The highest BCUT2D eigenvalue weighted by atomic mass is 35.5. The molecule has 1 aromatic carbocycles. The highest BCUT2D eigenvalue weighted by Gasteiger charge is 2.19. The first-order valence-electron chi connectivity index (χ1n) is 9.53. The van der Waals surface area contributed by atoms with Gasteiger partial charge in [0, 0.05) is 30.6 Å². The van der Waals surface area contributed by atoms with Crippen LogP contribution in [0.1, 0.15) is 25.8 Å². The van der Waals surface area contributed by atoms with Crippen LogP contribution in [0, 0.1) is 0 Å². The molecule has 1 heterocycles. The maximum Gasteiger partial charge on any atom is 0.227 e. The van der Waals surface area contributed by atoms with Crippen molar-refractivity contribution in [2.24, 2.45) is 4.99 Å². The Balaban J connectivity index is 1.90. The molecule has 0 atom stereocenters.